The third kappa shape index (κ3) is 5.38. The molecule has 37 heavy (non-hydrogen) atoms. The first-order valence-corrected chi connectivity index (χ1v) is 13.1. The number of aryl methyl sites for hydroxylation is 1. The highest BCUT2D eigenvalue weighted by molar-refractivity contribution is 6.00. The summed E-state index contributed by atoms with van der Waals surface area (Å²) < 4.78 is 3.33. The van der Waals surface area contributed by atoms with E-state index in [4.69, 9.17) is 0 Å². The molecule has 0 saturated heterocycles. The van der Waals surface area contributed by atoms with Crippen LogP contribution in [0.4, 0.5) is 5.69 Å². The predicted octanol–water partition coefficient (Wildman–Crippen LogP) is 3.44. The molecule has 196 valence electrons. The average Bonchev–Trinajstić information content (AvgIpc) is 3.78. The van der Waals surface area contributed by atoms with Crippen LogP contribution < -0.4 is 16.2 Å². The lowest BCUT2D eigenvalue weighted by molar-refractivity contribution is -0.119. The maximum atomic E-state index is 13.6. The fourth-order valence-electron chi connectivity index (χ4n) is 5.25. The number of nitrogens with one attached hydrogen (secondary N) is 3. The molecular formula is C27H35N7O3. The first-order chi connectivity index (χ1) is 17.7. The SMILES string of the molecule is Cc1c[nH]c(=O)c(C(C)n2cc(NC(=O)C(NC(=O)c3ccnn3C(C)C)C(C3CC3)C3CC3)cn2)c1. The van der Waals surface area contributed by atoms with E-state index in [0.29, 0.717) is 28.8 Å². The largest absolute Gasteiger partial charge is 0.339 e. The molecule has 2 atom stereocenters. The summed E-state index contributed by atoms with van der Waals surface area (Å²) in [5.41, 5.74) is 2.35. The summed E-state index contributed by atoms with van der Waals surface area (Å²) in [6, 6.07) is 2.59. The van der Waals surface area contributed by atoms with Crippen molar-refractivity contribution in [3.8, 4) is 0 Å². The highest BCUT2D eigenvalue weighted by Crippen LogP contribution is 2.51. The number of H-pyrrole nitrogens is 1. The Morgan fingerprint density at radius 3 is 2.46 bits per heavy atom. The number of carbonyl (C=O) groups excluding carboxylic acids is 2. The van der Waals surface area contributed by atoms with Crippen molar-refractivity contribution in [3.05, 3.63) is 64.1 Å². The van der Waals surface area contributed by atoms with Crippen molar-refractivity contribution >= 4 is 17.5 Å². The molecule has 5 rings (SSSR count). The molecule has 10 heteroatoms. The number of hydrogen-bond donors (Lipinski definition) is 3. The van der Waals surface area contributed by atoms with Crippen molar-refractivity contribution in [2.75, 3.05) is 5.32 Å². The maximum Gasteiger partial charge on any atom is 0.270 e. The Balaban J connectivity index is 1.36. The lowest BCUT2D eigenvalue weighted by Crippen LogP contribution is -2.50. The lowest BCUT2D eigenvalue weighted by Gasteiger charge is -2.27. The minimum Gasteiger partial charge on any atom is -0.339 e. The quantitative estimate of drug-likeness (QED) is 0.389. The van der Waals surface area contributed by atoms with Gasteiger partial charge < -0.3 is 15.6 Å². The van der Waals surface area contributed by atoms with Crippen molar-refractivity contribution in [1.29, 1.82) is 0 Å². The van der Waals surface area contributed by atoms with Gasteiger partial charge in [-0.25, -0.2) is 0 Å². The van der Waals surface area contributed by atoms with Crippen LogP contribution in [-0.4, -0.2) is 42.4 Å². The van der Waals surface area contributed by atoms with Gasteiger partial charge in [-0.05, 0) is 88.8 Å². The van der Waals surface area contributed by atoms with Crippen molar-refractivity contribution in [3.63, 3.8) is 0 Å². The van der Waals surface area contributed by atoms with E-state index in [1.807, 2.05) is 33.8 Å². The Morgan fingerprint density at radius 1 is 1.11 bits per heavy atom. The molecule has 0 aromatic carbocycles. The van der Waals surface area contributed by atoms with Crippen LogP contribution in [-0.2, 0) is 4.79 Å². The molecule has 3 aromatic rings. The van der Waals surface area contributed by atoms with Gasteiger partial charge in [0.15, 0.2) is 0 Å². The van der Waals surface area contributed by atoms with E-state index in [9.17, 15) is 14.4 Å². The standard InChI is InChI=1S/C27H35N7O3/c1-15(2)34-22(9-10-29-34)26(36)32-24(23(18-5-6-18)19-7-8-19)27(37)31-20-13-30-33(14-20)17(4)21-11-16(3)12-28-25(21)35/h9-15,17-19,23-24H,5-8H2,1-4H3,(H,28,35)(H,31,37)(H,32,36). The smallest absolute Gasteiger partial charge is 0.270 e. The number of aromatic amines is 1. The second kappa shape index (κ2) is 9.99. The molecule has 3 heterocycles. The summed E-state index contributed by atoms with van der Waals surface area (Å²) >= 11 is 0. The number of carbonyl (C=O) groups is 2. The summed E-state index contributed by atoms with van der Waals surface area (Å²) in [6.07, 6.45) is 10.9. The molecule has 10 nitrogen and oxygen atoms in total. The van der Waals surface area contributed by atoms with Gasteiger partial charge in [-0.15, -0.1) is 0 Å². The van der Waals surface area contributed by atoms with Crippen molar-refractivity contribution in [2.24, 2.45) is 17.8 Å². The molecule has 3 N–H and O–H groups in total. The number of nitrogens with zero attached hydrogens (tertiary/aromatic N) is 4. The zero-order valence-corrected chi connectivity index (χ0v) is 21.8. The number of anilines is 1. The van der Waals surface area contributed by atoms with Crippen LogP contribution in [0.25, 0.3) is 0 Å². The topological polar surface area (TPSA) is 127 Å². The van der Waals surface area contributed by atoms with Gasteiger partial charge in [0.05, 0.1) is 17.9 Å². The minimum absolute atomic E-state index is 0.0270. The molecule has 2 aliphatic carbocycles. The van der Waals surface area contributed by atoms with E-state index >= 15 is 0 Å². The van der Waals surface area contributed by atoms with Crippen LogP contribution in [0.1, 0.15) is 80.2 Å². The Hall–Kier alpha value is -3.69. The Morgan fingerprint density at radius 2 is 1.81 bits per heavy atom. The second-order valence-corrected chi connectivity index (χ2v) is 10.8. The van der Waals surface area contributed by atoms with Gasteiger partial charge in [-0.3, -0.25) is 23.7 Å². The van der Waals surface area contributed by atoms with E-state index in [0.717, 1.165) is 31.2 Å². The van der Waals surface area contributed by atoms with E-state index in [-0.39, 0.29) is 35.4 Å². The third-order valence-corrected chi connectivity index (χ3v) is 7.47. The van der Waals surface area contributed by atoms with E-state index in [2.05, 4.69) is 25.8 Å². The number of rotatable bonds is 10. The molecule has 0 spiro atoms. The monoisotopic (exact) mass is 505 g/mol. The molecule has 2 saturated carbocycles. The van der Waals surface area contributed by atoms with Gasteiger partial charge in [0, 0.05) is 30.2 Å². The molecule has 3 aromatic heterocycles. The van der Waals surface area contributed by atoms with Gasteiger partial charge in [0.2, 0.25) is 5.91 Å². The first-order valence-electron chi connectivity index (χ1n) is 13.1. The van der Waals surface area contributed by atoms with Gasteiger partial charge in [-0.1, -0.05) is 0 Å². The zero-order chi connectivity index (χ0) is 26.3. The molecule has 2 fully saturated rings. The maximum absolute atomic E-state index is 13.6. The highest BCUT2D eigenvalue weighted by atomic mass is 16.2. The lowest BCUT2D eigenvalue weighted by atomic mass is 9.88. The molecule has 2 unspecified atom stereocenters. The highest BCUT2D eigenvalue weighted by Gasteiger charge is 2.48. The predicted molar refractivity (Wildman–Crippen MR) is 139 cm³/mol. The van der Waals surface area contributed by atoms with Crippen LogP contribution >= 0.6 is 0 Å². The third-order valence-electron chi connectivity index (χ3n) is 7.47. The van der Waals surface area contributed by atoms with Gasteiger partial charge in [0.1, 0.15) is 11.7 Å². The van der Waals surface area contributed by atoms with Crippen LogP contribution in [0, 0.1) is 24.7 Å². The van der Waals surface area contributed by atoms with Crippen molar-refractivity contribution < 1.29 is 9.59 Å². The minimum atomic E-state index is -0.650. The van der Waals surface area contributed by atoms with Gasteiger partial charge in [-0.2, -0.15) is 10.2 Å². The average molecular weight is 506 g/mol. The number of hydrogen-bond acceptors (Lipinski definition) is 5. The molecule has 2 aliphatic rings. The Kier molecular flexibility index (Phi) is 6.74. The summed E-state index contributed by atoms with van der Waals surface area (Å²) in [7, 11) is 0. The Bertz CT molecular complexity index is 1330. The van der Waals surface area contributed by atoms with Crippen molar-refractivity contribution in [1.82, 2.24) is 29.9 Å². The summed E-state index contributed by atoms with van der Waals surface area (Å²) in [5, 5.41) is 14.7. The molecule has 2 amide bonds. The van der Waals surface area contributed by atoms with Crippen LogP contribution in [0.15, 0.2) is 41.7 Å². The van der Waals surface area contributed by atoms with Gasteiger partial charge >= 0.3 is 0 Å². The fourth-order valence-corrected chi connectivity index (χ4v) is 5.25. The first kappa shape index (κ1) is 25.0. The van der Waals surface area contributed by atoms with Crippen LogP contribution in [0.3, 0.4) is 0 Å². The second-order valence-electron chi connectivity index (χ2n) is 10.8. The number of pyridine rings is 1. The molecule has 0 aliphatic heterocycles. The normalized spacial score (nSPS) is 17.1. The fraction of sp³-hybridized carbons (Fsp3) is 0.519. The summed E-state index contributed by atoms with van der Waals surface area (Å²) in [4.78, 5) is 42.0. The summed E-state index contributed by atoms with van der Waals surface area (Å²) in [5.74, 6) is 0.483. The van der Waals surface area contributed by atoms with E-state index < -0.39 is 6.04 Å². The van der Waals surface area contributed by atoms with E-state index in [1.54, 1.807) is 40.2 Å². The van der Waals surface area contributed by atoms with Crippen LogP contribution in [0.5, 0.6) is 0 Å². The molecule has 0 bridgehead atoms. The molecular weight excluding hydrogens is 470 g/mol. The summed E-state index contributed by atoms with van der Waals surface area (Å²) in [6.45, 7) is 7.74. The van der Waals surface area contributed by atoms with Gasteiger partial charge in [0.25, 0.3) is 11.5 Å². The number of aromatic nitrogens is 5. The number of amides is 2. The zero-order valence-electron chi connectivity index (χ0n) is 21.8. The van der Waals surface area contributed by atoms with Crippen molar-refractivity contribution in [2.45, 2.75) is 71.5 Å². The van der Waals surface area contributed by atoms with Crippen LogP contribution in [0.2, 0.25) is 0 Å². The Labute approximate surface area is 215 Å². The van der Waals surface area contributed by atoms with E-state index in [1.165, 1.54) is 0 Å². The molecule has 0 radical (unpaired) electrons.